The Hall–Kier alpha value is -2.21. The summed E-state index contributed by atoms with van der Waals surface area (Å²) < 4.78 is 5.66. The van der Waals surface area contributed by atoms with Crippen LogP contribution in [0.15, 0.2) is 24.3 Å². The van der Waals surface area contributed by atoms with Gasteiger partial charge in [0.05, 0.1) is 6.61 Å². The fourth-order valence-corrected chi connectivity index (χ4v) is 1.51. The Bertz CT molecular complexity index is 481. The molecule has 3 nitrogen and oxygen atoms in total. The summed E-state index contributed by atoms with van der Waals surface area (Å²) in [5.41, 5.74) is 1.74. The number of hydrogen-bond donors (Lipinski definition) is 1. The number of carboxylic acid groups (broad SMARTS) is 1. The standard InChI is InChI=1S/C15H16O3/c1-3-4-5-11-18-15-12(2)7-6-8-13(15)9-10-14(16)17/h1,6-10H,4-5,11H2,2H3,(H,16,17)/b10-9+. The molecule has 0 amide bonds. The molecule has 3 heteroatoms. The first-order valence-corrected chi connectivity index (χ1v) is 5.72. The first-order chi connectivity index (χ1) is 8.65. The summed E-state index contributed by atoms with van der Waals surface area (Å²) in [6.07, 6.45) is 9.26. The zero-order valence-electron chi connectivity index (χ0n) is 10.3. The Morgan fingerprint density at radius 3 is 3.00 bits per heavy atom. The monoisotopic (exact) mass is 244 g/mol. The van der Waals surface area contributed by atoms with Crippen LogP contribution in [0.1, 0.15) is 24.0 Å². The lowest BCUT2D eigenvalue weighted by Crippen LogP contribution is -2.00. The van der Waals surface area contributed by atoms with E-state index >= 15 is 0 Å². The SMILES string of the molecule is C#CCCCOc1c(C)cccc1/C=C/C(=O)O. The number of benzene rings is 1. The number of carbonyl (C=O) groups is 1. The predicted octanol–water partition coefficient (Wildman–Crippen LogP) is 2.89. The van der Waals surface area contributed by atoms with Crippen LogP contribution in [0, 0.1) is 19.3 Å². The molecule has 0 saturated carbocycles. The van der Waals surface area contributed by atoms with E-state index in [1.807, 2.05) is 25.1 Å². The van der Waals surface area contributed by atoms with Gasteiger partial charge >= 0.3 is 5.97 Å². The Balaban J connectivity index is 2.81. The van der Waals surface area contributed by atoms with Crippen LogP contribution in [0.2, 0.25) is 0 Å². The average molecular weight is 244 g/mol. The van der Waals surface area contributed by atoms with Gasteiger partial charge < -0.3 is 9.84 Å². The largest absolute Gasteiger partial charge is 0.493 e. The number of carboxylic acids is 1. The summed E-state index contributed by atoms with van der Waals surface area (Å²) in [4.78, 5) is 10.5. The highest BCUT2D eigenvalue weighted by atomic mass is 16.5. The van der Waals surface area contributed by atoms with Crippen LogP contribution in [0.4, 0.5) is 0 Å². The van der Waals surface area contributed by atoms with E-state index in [0.29, 0.717) is 18.8 Å². The van der Waals surface area contributed by atoms with E-state index in [4.69, 9.17) is 16.3 Å². The quantitative estimate of drug-likeness (QED) is 0.475. The Morgan fingerprint density at radius 2 is 2.33 bits per heavy atom. The molecule has 1 N–H and O–H groups in total. The molecule has 1 rings (SSSR count). The summed E-state index contributed by atoms with van der Waals surface area (Å²) >= 11 is 0. The maximum Gasteiger partial charge on any atom is 0.328 e. The second kappa shape index (κ2) is 7.18. The second-order valence-electron chi connectivity index (χ2n) is 3.82. The molecule has 0 aliphatic carbocycles. The number of hydrogen-bond acceptors (Lipinski definition) is 2. The molecule has 1 aromatic rings. The Kier molecular flexibility index (Phi) is 5.53. The normalized spacial score (nSPS) is 10.2. The van der Waals surface area contributed by atoms with Gasteiger partial charge in [-0.05, 0) is 25.0 Å². The van der Waals surface area contributed by atoms with E-state index in [-0.39, 0.29) is 0 Å². The molecular weight excluding hydrogens is 228 g/mol. The van der Waals surface area contributed by atoms with Gasteiger partial charge in [-0.3, -0.25) is 0 Å². The van der Waals surface area contributed by atoms with Gasteiger partial charge in [0.25, 0.3) is 0 Å². The molecule has 1 aromatic carbocycles. The fraction of sp³-hybridized carbons (Fsp3) is 0.267. The van der Waals surface area contributed by atoms with Crippen LogP contribution in [0.3, 0.4) is 0 Å². The van der Waals surface area contributed by atoms with Crippen molar-refractivity contribution in [3.63, 3.8) is 0 Å². The zero-order valence-corrected chi connectivity index (χ0v) is 10.3. The molecule has 0 radical (unpaired) electrons. The highest BCUT2D eigenvalue weighted by Crippen LogP contribution is 2.24. The molecule has 18 heavy (non-hydrogen) atoms. The zero-order chi connectivity index (χ0) is 13.4. The highest BCUT2D eigenvalue weighted by molar-refractivity contribution is 5.86. The van der Waals surface area contributed by atoms with Crippen LogP contribution in [0.25, 0.3) is 6.08 Å². The van der Waals surface area contributed by atoms with Crippen molar-refractivity contribution in [3.05, 3.63) is 35.4 Å². The maximum atomic E-state index is 10.5. The lowest BCUT2D eigenvalue weighted by Gasteiger charge is -2.11. The molecule has 0 saturated heterocycles. The fourth-order valence-electron chi connectivity index (χ4n) is 1.51. The molecule has 0 spiro atoms. The molecule has 94 valence electrons. The van der Waals surface area contributed by atoms with E-state index in [1.165, 1.54) is 6.08 Å². The van der Waals surface area contributed by atoms with Crippen molar-refractivity contribution >= 4 is 12.0 Å². The minimum atomic E-state index is -0.977. The third-order valence-corrected chi connectivity index (χ3v) is 2.36. The third kappa shape index (κ3) is 4.34. The summed E-state index contributed by atoms with van der Waals surface area (Å²) in [7, 11) is 0. The van der Waals surface area contributed by atoms with Gasteiger partial charge in [0, 0.05) is 18.1 Å². The maximum absolute atomic E-state index is 10.5. The minimum absolute atomic E-state index is 0.531. The summed E-state index contributed by atoms with van der Waals surface area (Å²) in [6, 6.07) is 5.61. The van der Waals surface area contributed by atoms with Crippen molar-refractivity contribution in [2.45, 2.75) is 19.8 Å². The van der Waals surface area contributed by atoms with E-state index in [0.717, 1.165) is 23.6 Å². The molecule has 0 fully saturated rings. The molecule has 0 unspecified atom stereocenters. The summed E-state index contributed by atoms with van der Waals surface area (Å²) in [5, 5.41) is 8.63. The first kappa shape index (κ1) is 13.9. The topological polar surface area (TPSA) is 46.5 Å². The minimum Gasteiger partial charge on any atom is -0.493 e. The number of terminal acetylenes is 1. The van der Waals surface area contributed by atoms with E-state index in [1.54, 1.807) is 0 Å². The summed E-state index contributed by atoms with van der Waals surface area (Å²) in [5.74, 6) is 2.29. The lowest BCUT2D eigenvalue weighted by molar-refractivity contribution is -0.131. The van der Waals surface area contributed by atoms with Gasteiger partial charge in [-0.2, -0.15) is 0 Å². The van der Waals surface area contributed by atoms with Crippen molar-refractivity contribution in [1.29, 1.82) is 0 Å². The smallest absolute Gasteiger partial charge is 0.328 e. The molecule has 0 bridgehead atoms. The van der Waals surface area contributed by atoms with Crippen molar-refractivity contribution in [2.24, 2.45) is 0 Å². The Labute approximate surface area is 107 Å². The molecule has 0 atom stereocenters. The van der Waals surface area contributed by atoms with Crippen molar-refractivity contribution in [3.8, 4) is 18.1 Å². The predicted molar refractivity (Wildman–Crippen MR) is 71.4 cm³/mol. The number of unbranched alkanes of at least 4 members (excludes halogenated alkanes) is 1. The molecule has 0 aliphatic heterocycles. The lowest BCUT2D eigenvalue weighted by atomic mass is 10.1. The van der Waals surface area contributed by atoms with Gasteiger partial charge in [-0.1, -0.05) is 18.2 Å². The van der Waals surface area contributed by atoms with Gasteiger partial charge in [-0.25, -0.2) is 4.79 Å². The second-order valence-corrected chi connectivity index (χ2v) is 3.82. The van der Waals surface area contributed by atoms with Crippen molar-refractivity contribution < 1.29 is 14.6 Å². The first-order valence-electron chi connectivity index (χ1n) is 5.72. The van der Waals surface area contributed by atoms with Gasteiger partial charge in [0.1, 0.15) is 5.75 Å². The number of aliphatic carboxylic acids is 1. The van der Waals surface area contributed by atoms with Crippen LogP contribution < -0.4 is 4.74 Å². The molecule has 0 aliphatic rings. The van der Waals surface area contributed by atoms with Crippen molar-refractivity contribution in [1.82, 2.24) is 0 Å². The van der Waals surface area contributed by atoms with Crippen LogP contribution >= 0.6 is 0 Å². The van der Waals surface area contributed by atoms with Gasteiger partial charge in [0.15, 0.2) is 0 Å². The number of rotatable bonds is 6. The van der Waals surface area contributed by atoms with Crippen LogP contribution in [-0.4, -0.2) is 17.7 Å². The Morgan fingerprint density at radius 1 is 1.56 bits per heavy atom. The molecular formula is C15H16O3. The highest BCUT2D eigenvalue weighted by Gasteiger charge is 2.04. The summed E-state index contributed by atoms with van der Waals surface area (Å²) in [6.45, 7) is 2.46. The number of aryl methyl sites for hydroxylation is 1. The van der Waals surface area contributed by atoms with E-state index in [9.17, 15) is 4.79 Å². The molecule has 0 heterocycles. The van der Waals surface area contributed by atoms with Crippen molar-refractivity contribution in [2.75, 3.05) is 6.61 Å². The number of ether oxygens (including phenoxy) is 1. The van der Waals surface area contributed by atoms with E-state index in [2.05, 4.69) is 5.92 Å². The average Bonchev–Trinajstić information content (AvgIpc) is 2.34. The number of para-hydroxylation sites is 1. The van der Waals surface area contributed by atoms with Gasteiger partial charge in [0.2, 0.25) is 0 Å². The third-order valence-electron chi connectivity index (χ3n) is 2.36. The van der Waals surface area contributed by atoms with E-state index < -0.39 is 5.97 Å². The molecule has 0 aromatic heterocycles. The van der Waals surface area contributed by atoms with Gasteiger partial charge in [-0.15, -0.1) is 12.3 Å². The van der Waals surface area contributed by atoms with Crippen LogP contribution in [0.5, 0.6) is 5.75 Å². The van der Waals surface area contributed by atoms with Crippen LogP contribution in [-0.2, 0) is 4.79 Å².